The van der Waals surface area contributed by atoms with Gasteiger partial charge in [0.2, 0.25) is 17.7 Å². The number of rotatable bonds is 11. The topological polar surface area (TPSA) is 128 Å². The van der Waals surface area contributed by atoms with Crippen LogP contribution in [0, 0.1) is 6.92 Å². The van der Waals surface area contributed by atoms with Gasteiger partial charge >= 0.3 is 0 Å². The molecule has 1 heterocycles. The molecule has 4 atom stereocenters. The Morgan fingerprint density at radius 1 is 1.05 bits per heavy atom. The maximum atomic E-state index is 13.8. The normalized spacial score (nSPS) is 18.4. The van der Waals surface area contributed by atoms with Crippen molar-refractivity contribution in [3.63, 3.8) is 0 Å². The first-order chi connectivity index (χ1) is 18.9. The molecule has 2 aromatic rings. The first-order valence-electron chi connectivity index (χ1n) is 13.5. The number of thioether (sulfide) groups is 1. The minimum Gasteiger partial charge on any atom is -0.381 e. The van der Waals surface area contributed by atoms with Gasteiger partial charge in [-0.1, -0.05) is 61.5 Å². The summed E-state index contributed by atoms with van der Waals surface area (Å²) >= 11 is 1.46. The molecule has 1 fully saturated rings. The number of benzene rings is 2. The molecule has 0 saturated carbocycles. The van der Waals surface area contributed by atoms with Crippen LogP contribution in [0.25, 0.3) is 0 Å². The van der Waals surface area contributed by atoms with Crippen LogP contribution in [0.3, 0.4) is 0 Å². The molecule has 1 aliphatic rings. The molecule has 4 N–H and O–H groups in total. The van der Waals surface area contributed by atoms with Crippen LogP contribution in [0.4, 0.5) is 0 Å². The van der Waals surface area contributed by atoms with E-state index in [2.05, 4.69) is 16.0 Å². The molecule has 0 spiro atoms. The SMILES string of the molecule is CC[C@H](NC(C)=O)C(=O)N[C@@H](Cc1ccccc1)[C@H](O)C(=O)N1CSC(C)(C)[C@H]1C(=O)NCc1ccccc1C. The van der Waals surface area contributed by atoms with Gasteiger partial charge < -0.3 is 26.0 Å². The highest BCUT2D eigenvalue weighted by molar-refractivity contribution is 8.00. The van der Waals surface area contributed by atoms with E-state index in [0.29, 0.717) is 13.0 Å². The molecule has 0 radical (unpaired) electrons. The highest BCUT2D eigenvalue weighted by Crippen LogP contribution is 2.40. The first kappa shape index (κ1) is 31.2. The first-order valence-corrected chi connectivity index (χ1v) is 14.5. The van der Waals surface area contributed by atoms with Crippen molar-refractivity contribution in [2.75, 3.05) is 5.88 Å². The van der Waals surface area contributed by atoms with E-state index >= 15 is 0 Å². The lowest BCUT2D eigenvalue weighted by Crippen LogP contribution is -2.60. The van der Waals surface area contributed by atoms with Gasteiger partial charge in [0.15, 0.2) is 6.10 Å². The van der Waals surface area contributed by atoms with Crippen molar-refractivity contribution in [3.05, 3.63) is 71.3 Å². The summed E-state index contributed by atoms with van der Waals surface area (Å²) < 4.78 is -0.595. The van der Waals surface area contributed by atoms with Crippen molar-refractivity contribution in [3.8, 4) is 0 Å². The minimum atomic E-state index is -1.61. The number of hydrogen-bond acceptors (Lipinski definition) is 6. The Balaban J connectivity index is 1.81. The standard InChI is InChI=1S/C30H40N4O5S/c1-6-23(32-20(3)35)27(37)33-24(16-21-13-8-7-9-14-21)25(36)29(39)34-18-40-30(4,5)26(34)28(38)31-17-22-15-11-10-12-19(22)2/h7-15,23-26,36H,6,16-18H2,1-5H3,(H,31,38)(H,32,35)(H,33,37)/t23-,24-,25-,26+/m0/s1. The van der Waals surface area contributed by atoms with E-state index in [1.807, 2.05) is 75.4 Å². The molecule has 3 rings (SSSR count). The summed E-state index contributed by atoms with van der Waals surface area (Å²) in [7, 11) is 0. The lowest BCUT2D eigenvalue weighted by molar-refractivity contribution is -0.148. The number of aliphatic hydroxyl groups excluding tert-OH is 1. The van der Waals surface area contributed by atoms with E-state index in [4.69, 9.17) is 0 Å². The van der Waals surface area contributed by atoms with Gasteiger partial charge in [-0.2, -0.15) is 0 Å². The van der Waals surface area contributed by atoms with Gasteiger partial charge in [0.1, 0.15) is 12.1 Å². The second-order valence-electron chi connectivity index (χ2n) is 10.6. The molecule has 1 aliphatic heterocycles. The second kappa shape index (κ2) is 13.8. The molecule has 4 amide bonds. The molecule has 0 aromatic heterocycles. The van der Waals surface area contributed by atoms with Crippen LogP contribution in [0.1, 0.15) is 50.8 Å². The van der Waals surface area contributed by atoms with Gasteiger partial charge in [0.05, 0.1) is 11.9 Å². The van der Waals surface area contributed by atoms with Crippen LogP contribution >= 0.6 is 11.8 Å². The van der Waals surface area contributed by atoms with Crippen molar-refractivity contribution in [2.24, 2.45) is 0 Å². The summed E-state index contributed by atoms with van der Waals surface area (Å²) in [5, 5.41) is 19.7. The molecular weight excluding hydrogens is 528 g/mol. The predicted octanol–water partition coefficient (Wildman–Crippen LogP) is 2.29. The molecule has 2 aromatic carbocycles. The van der Waals surface area contributed by atoms with E-state index in [1.54, 1.807) is 6.92 Å². The number of nitrogens with zero attached hydrogens (tertiary/aromatic N) is 1. The molecule has 9 nitrogen and oxygen atoms in total. The van der Waals surface area contributed by atoms with E-state index in [-0.39, 0.29) is 24.1 Å². The monoisotopic (exact) mass is 568 g/mol. The Bertz CT molecular complexity index is 1210. The van der Waals surface area contributed by atoms with E-state index in [9.17, 15) is 24.3 Å². The number of aliphatic hydroxyl groups is 1. The molecule has 1 saturated heterocycles. The average molecular weight is 569 g/mol. The fraction of sp³-hybridized carbons (Fsp3) is 0.467. The minimum absolute atomic E-state index is 0.185. The molecule has 10 heteroatoms. The summed E-state index contributed by atoms with van der Waals surface area (Å²) in [6.45, 7) is 9.18. The predicted molar refractivity (Wildman–Crippen MR) is 156 cm³/mol. The third kappa shape index (κ3) is 7.85. The van der Waals surface area contributed by atoms with Crippen LogP contribution in [0.5, 0.6) is 0 Å². The van der Waals surface area contributed by atoms with Crippen LogP contribution in [-0.4, -0.2) is 68.5 Å². The van der Waals surface area contributed by atoms with Crippen molar-refractivity contribution < 1.29 is 24.3 Å². The Hall–Kier alpha value is -3.37. The average Bonchev–Trinajstić information content (AvgIpc) is 3.25. The molecule has 0 bridgehead atoms. The Morgan fingerprint density at radius 3 is 2.33 bits per heavy atom. The lowest BCUT2D eigenvalue weighted by Gasteiger charge is -2.33. The van der Waals surface area contributed by atoms with Crippen molar-refractivity contribution in [1.82, 2.24) is 20.9 Å². The zero-order chi connectivity index (χ0) is 29.4. The van der Waals surface area contributed by atoms with Crippen LogP contribution in [0.2, 0.25) is 0 Å². The van der Waals surface area contributed by atoms with Gasteiger partial charge in [-0.05, 0) is 50.3 Å². The highest BCUT2D eigenvalue weighted by atomic mass is 32.2. The summed E-state index contributed by atoms with van der Waals surface area (Å²) in [6.07, 6.45) is -1.09. The fourth-order valence-electron chi connectivity index (χ4n) is 4.83. The highest BCUT2D eigenvalue weighted by Gasteiger charge is 2.49. The summed E-state index contributed by atoms with van der Waals surface area (Å²) in [6, 6.07) is 14.4. The van der Waals surface area contributed by atoms with Crippen molar-refractivity contribution in [1.29, 1.82) is 0 Å². The molecular formula is C30H40N4O5S. The zero-order valence-electron chi connectivity index (χ0n) is 23.8. The van der Waals surface area contributed by atoms with Gasteiger partial charge in [-0.25, -0.2) is 0 Å². The zero-order valence-corrected chi connectivity index (χ0v) is 24.6. The number of nitrogens with one attached hydrogen (secondary N) is 3. The van der Waals surface area contributed by atoms with E-state index < -0.39 is 40.8 Å². The van der Waals surface area contributed by atoms with E-state index in [0.717, 1.165) is 16.7 Å². The quantitative estimate of drug-likeness (QED) is 0.329. The van der Waals surface area contributed by atoms with E-state index in [1.165, 1.54) is 23.6 Å². The Labute approximate surface area is 240 Å². The van der Waals surface area contributed by atoms with Gasteiger partial charge in [-0.15, -0.1) is 11.8 Å². The van der Waals surface area contributed by atoms with Gasteiger partial charge in [0.25, 0.3) is 5.91 Å². The van der Waals surface area contributed by atoms with Crippen molar-refractivity contribution in [2.45, 2.75) is 83.0 Å². The summed E-state index contributed by atoms with van der Waals surface area (Å²) in [4.78, 5) is 53.3. The maximum Gasteiger partial charge on any atom is 0.254 e. The van der Waals surface area contributed by atoms with Crippen LogP contribution in [-0.2, 0) is 32.1 Å². The van der Waals surface area contributed by atoms with Crippen LogP contribution in [0.15, 0.2) is 54.6 Å². The second-order valence-corrected chi connectivity index (χ2v) is 12.2. The summed E-state index contributed by atoms with van der Waals surface area (Å²) in [5.74, 6) is -1.56. The third-order valence-electron chi connectivity index (χ3n) is 7.15. The molecule has 216 valence electrons. The van der Waals surface area contributed by atoms with Gasteiger partial charge in [-0.3, -0.25) is 19.2 Å². The molecule has 0 unspecified atom stereocenters. The molecule has 40 heavy (non-hydrogen) atoms. The number of carbonyl (C=O) groups excluding carboxylic acids is 4. The lowest BCUT2D eigenvalue weighted by atomic mass is 9.96. The third-order valence-corrected chi connectivity index (χ3v) is 8.53. The summed E-state index contributed by atoms with van der Waals surface area (Å²) in [5.41, 5.74) is 2.85. The maximum absolute atomic E-state index is 13.8. The number of carbonyl (C=O) groups is 4. The van der Waals surface area contributed by atoms with Crippen molar-refractivity contribution >= 4 is 35.4 Å². The number of aryl methyl sites for hydroxylation is 1. The fourth-order valence-corrected chi connectivity index (χ4v) is 5.97. The molecule has 0 aliphatic carbocycles. The smallest absolute Gasteiger partial charge is 0.254 e. The van der Waals surface area contributed by atoms with Gasteiger partial charge in [0, 0.05) is 18.2 Å². The van der Waals surface area contributed by atoms with Crippen LogP contribution < -0.4 is 16.0 Å². The largest absolute Gasteiger partial charge is 0.381 e. The number of hydrogen-bond donors (Lipinski definition) is 4. The Morgan fingerprint density at radius 2 is 1.70 bits per heavy atom. The Kier molecular flexibility index (Phi) is 10.8. The number of amides is 4.